The second-order valence-electron chi connectivity index (χ2n) is 3.95. The van der Waals surface area contributed by atoms with Gasteiger partial charge in [0.25, 0.3) is 0 Å². The minimum absolute atomic E-state index is 0.0401. The summed E-state index contributed by atoms with van der Waals surface area (Å²) in [5, 5.41) is -0.0401. The monoisotopic (exact) mass is 278 g/mol. The van der Waals surface area contributed by atoms with Gasteiger partial charge in [-0.2, -0.15) is 22.0 Å². The minimum atomic E-state index is -5.82. The van der Waals surface area contributed by atoms with Crippen LogP contribution in [-0.2, 0) is 5.92 Å². The third kappa shape index (κ3) is 1.98. The van der Waals surface area contributed by atoms with E-state index in [1.807, 2.05) is 0 Å². The maximum atomic E-state index is 13.3. The van der Waals surface area contributed by atoms with Crippen LogP contribution in [0.15, 0.2) is 33.5 Å². The number of halogens is 5. The molecule has 0 atom stereocenters. The Bertz CT molecular complexity index is 685. The molecule has 0 saturated heterocycles. The summed E-state index contributed by atoms with van der Waals surface area (Å²) in [5.74, 6) is -6.87. The average molecular weight is 278 g/mol. The molecule has 1 heterocycles. The summed E-state index contributed by atoms with van der Waals surface area (Å²) < 4.78 is 68.1. The second kappa shape index (κ2) is 4.04. The highest BCUT2D eigenvalue weighted by Crippen LogP contribution is 2.45. The Morgan fingerprint density at radius 3 is 2.21 bits per heavy atom. The Kier molecular flexibility index (Phi) is 2.87. The fraction of sp³-hybridized carbons (Fsp3) is 0.250. The van der Waals surface area contributed by atoms with E-state index in [0.717, 1.165) is 13.0 Å². The summed E-state index contributed by atoms with van der Waals surface area (Å²) >= 11 is 0. The highest BCUT2D eigenvalue weighted by molar-refractivity contribution is 5.77. The lowest BCUT2D eigenvalue weighted by Gasteiger charge is -2.20. The molecule has 102 valence electrons. The number of rotatable bonds is 1. The molecule has 2 rings (SSSR count). The zero-order chi connectivity index (χ0) is 14.4. The quantitative estimate of drug-likeness (QED) is 0.743. The molecule has 0 bridgehead atoms. The first-order valence-corrected chi connectivity index (χ1v) is 5.13. The molecule has 0 aliphatic carbocycles. The molecule has 19 heavy (non-hydrogen) atoms. The summed E-state index contributed by atoms with van der Waals surface area (Å²) in [6.45, 7) is 0.882. The van der Waals surface area contributed by atoms with Crippen LogP contribution in [0.1, 0.15) is 11.3 Å². The van der Waals surface area contributed by atoms with E-state index in [1.165, 1.54) is 18.2 Å². The van der Waals surface area contributed by atoms with E-state index >= 15 is 0 Å². The van der Waals surface area contributed by atoms with Crippen LogP contribution < -0.4 is 5.43 Å². The first-order chi connectivity index (χ1) is 8.66. The molecule has 0 radical (unpaired) electrons. The molecule has 0 aliphatic heterocycles. The lowest BCUT2D eigenvalue weighted by atomic mass is 10.1. The van der Waals surface area contributed by atoms with Crippen molar-refractivity contribution in [1.29, 1.82) is 0 Å². The minimum Gasteiger partial charge on any atom is -0.454 e. The maximum Gasteiger partial charge on any atom is 0.461 e. The third-order valence-corrected chi connectivity index (χ3v) is 2.67. The summed E-state index contributed by atoms with van der Waals surface area (Å²) in [5.41, 5.74) is -1.96. The van der Waals surface area contributed by atoms with Crippen molar-refractivity contribution in [1.82, 2.24) is 0 Å². The molecule has 0 spiro atoms. The Labute approximate surface area is 103 Å². The largest absolute Gasteiger partial charge is 0.461 e. The number of hydrogen-bond donors (Lipinski definition) is 0. The van der Waals surface area contributed by atoms with Crippen LogP contribution in [-0.4, -0.2) is 6.18 Å². The van der Waals surface area contributed by atoms with E-state index in [4.69, 9.17) is 0 Å². The Morgan fingerprint density at radius 1 is 1.05 bits per heavy atom. The SMILES string of the molecule is Cc1c(C(F)(F)C(F)(F)F)oc2ccccc2c1=O. The Morgan fingerprint density at radius 2 is 1.63 bits per heavy atom. The molecule has 2 aromatic rings. The number of para-hydroxylation sites is 1. The summed E-state index contributed by atoms with van der Waals surface area (Å²) in [6, 6.07) is 5.28. The van der Waals surface area contributed by atoms with Crippen LogP contribution in [0, 0.1) is 6.92 Å². The molecule has 0 amide bonds. The summed E-state index contributed by atoms with van der Waals surface area (Å²) in [6.07, 6.45) is -5.82. The molecule has 0 aliphatic rings. The Balaban J connectivity index is 2.83. The number of fused-ring (bicyclic) bond motifs is 1. The number of benzene rings is 1. The predicted molar refractivity (Wildman–Crippen MR) is 57.2 cm³/mol. The van der Waals surface area contributed by atoms with Gasteiger partial charge >= 0.3 is 12.1 Å². The lowest BCUT2D eigenvalue weighted by molar-refractivity contribution is -0.295. The standard InChI is InChI=1S/C12H7F5O2/c1-6-9(18)7-4-2-3-5-8(7)19-10(6)11(13,14)12(15,16)17/h2-5H,1H3. The molecule has 0 unspecified atom stereocenters. The van der Waals surface area contributed by atoms with E-state index in [-0.39, 0.29) is 11.0 Å². The van der Waals surface area contributed by atoms with Gasteiger partial charge in [-0.25, -0.2) is 0 Å². The van der Waals surface area contributed by atoms with Crippen LogP contribution >= 0.6 is 0 Å². The normalized spacial score (nSPS) is 12.9. The Hall–Kier alpha value is -1.92. The predicted octanol–water partition coefficient (Wildman–Crippen LogP) is 3.76. The van der Waals surface area contributed by atoms with Crippen molar-refractivity contribution in [2.75, 3.05) is 0 Å². The zero-order valence-electron chi connectivity index (χ0n) is 9.52. The zero-order valence-corrected chi connectivity index (χ0v) is 9.52. The van der Waals surface area contributed by atoms with Gasteiger partial charge in [-0.3, -0.25) is 4.79 Å². The van der Waals surface area contributed by atoms with E-state index in [2.05, 4.69) is 4.42 Å². The smallest absolute Gasteiger partial charge is 0.454 e. The van der Waals surface area contributed by atoms with Crippen molar-refractivity contribution in [3.8, 4) is 0 Å². The topological polar surface area (TPSA) is 30.2 Å². The van der Waals surface area contributed by atoms with Gasteiger partial charge < -0.3 is 4.42 Å². The van der Waals surface area contributed by atoms with Crippen molar-refractivity contribution in [2.24, 2.45) is 0 Å². The van der Waals surface area contributed by atoms with Gasteiger partial charge in [0, 0.05) is 5.56 Å². The van der Waals surface area contributed by atoms with Crippen molar-refractivity contribution in [3.63, 3.8) is 0 Å². The van der Waals surface area contributed by atoms with E-state index in [9.17, 15) is 26.7 Å². The second-order valence-corrected chi connectivity index (χ2v) is 3.95. The van der Waals surface area contributed by atoms with Crippen molar-refractivity contribution >= 4 is 11.0 Å². The van der Waals surface area contributed by atoms with Crippen LogP contribution in [0.5, 0.6) is 0 Å². The highest BCUT2D eigenvalue weighted by Gasteiger charge is 2.61. The van der Waals surface area contributed by atoms with Crippen LogP contribution in [0.4, 0.5) is 22.0 Å². The van der Waals surface area contributed by atoms with Gasteiger partial charge in [-0.05, 0) is 19.1 Å². The highest BCUT2D eigenvalue weighted by atomic mass is 19.4. The van der Waals surface area contributed by atoms with Crippen molar-refractivity contribution in [3.05, 3.63) is 45.8 Å². The summed E-state index contributed by atoms with van der Waals surface area (Å²) in [7, 11) is 0. The van der Waals surface area contributed by atoms with Crippen molar-refractivity contribution in [2.45, 2.75) is 19.0 Å². The molecule has 0 fully saturated rings. The number of hydrogen-bond acceptors (Lipinski definition) is 2. The lowest BCUT2D eigenvalue weighted by Crippen LogP contribution is -2.35. The van der Waals surface area contributed by atoms with Gasteiger partial charge in [0.05, 0.1) is 5.39 Å². The average Bonchev–Trinajstić information content (AvgIpc) is 2.32. The molecule has 0 N–H and O–H groups in total. The molecule has 1 aromatic carbocycles. The van der Waals surface area contributed by atoms with E-state index in [0.29, 0.717) is 0 Å². The first kappa shape index (κ1) is 13.5. The third-order valence-electron chi connectivity index (χ3n) is 2.67. The molecular formula is C12H7F5O2. The van der Waals surface area contributed by atoms with Gasteiger partial charge in [0.1, 0.15) is 5.58 Å². The molecular weight excluding hydrogens is 271 g/mol. The fourth-order valence-corrected chi connectivity index (χ4v) is 1.66. The molecule has 0 saturated carbocycles. The van der Waals surface area contributed by atoms with Gasteiger partial charge in [0.15, 0.2) is 11.2 Å². The van der Waals surface area contributed by atoms with E-state index in [1.54, 1.807) is 0 Å². The molecule has 1 aromatic heterocycles. The molecule has 7 heteroatoms. The summed E-state index contributed by atoms with van der Waals surface area (Å²) in [4.78, 5) is 11.8. The number of alkyl halides is 5. The first-order valence-electron chi connectivity index (χ1n) is 5.13. The van der Waals surface area contributed by atoms with Gasteiger partial charge in [-0.15, -0.1) is 0 Å². The van der Waals surface area contributed by atoms with Crippen LogP contribution in [0.25, 0.3) is 11.0 Å². The maximum absolute atomic E-state index is 13.3. The van der Waals surface area contributed by atoms with Gasteiger partial charge in [0.2, 0.25) is 0 Å². The van der Waals surface area contributed by atoms with Crippen molar-refractivity contribution < 1.29 is 26.4 Å². The van der Waals surface area contributed by atoms with Crippen LogP contribution in [0.3, 0.4) is 0 Å². The van der Waals surface area contributed by atoms with E-state index < -0.39 is 28.9 Å². The van der Waals surface area contributed by atoms with Crippen LogP contribution in [0.2, 0.25) is 0 Å². The van der Waals surface area contributed by atoms with Gasteiger partial charge in [-0.1, -0.05) is 12.1 Å². The molecule has 2 nitrogen and oxygen atoms in total. The fourth-order valence-electron chi connectivity index (χ4n) is 1.66.